The summed E-state index contributed by atoms with van der Waals surface area (Å²) in [6, 6.07) is 0. The number of hydrogen-bond donors (Lipinski definition) is 0. The monoisotopic (exact) mass is 384 g/mol. The smallest absolute Gasteiger partial charge is 0.00851 e. The molecule has 0 nitrogen and oxygen atoms in total. The van der Waals surface area contributed by atoms with E-state index in [0.29, 0.717) is 10.8 Å². The first kappa shape index (κ1) is 21.0. The Morgan fingerprint density at radius 2 is 1.71 bits per heavy atom. The van der Waals surface area contributed by atoms with Crippen molar-refractivity contribution in [2.24, 2.45) is 52.3 Å². The summed E-state index contributed by atoms with van der Waals surface area (Å²) in [6.45, 7) is 15.2. The van der Waals surface area contributed by atoms with E-state index in [-0.39, 0.29) is 0 Å². The highest BCUT2D eigenvalue weighted by Gasteiger charge is 2.59. The fraction of sp³-hybridized carbons (Fsp3) is 0.929. The van der Waals surface area contributed by atoms with E-state index in [4.69, 9.17) is 0 Å². The molecular weight excluding hydrogens is 336 g/mol. The molecule has 0 aromatic rings. The normalized spacial score (nSPS) is 46.5. The van der Waals surface area contributed by atoms with Crippen LogP contribution in [-0.2, 0) is 0 Å². The van der Waals surface area contributed by atoms with E-state index >= 15 is 0 Å². The molecule has 8 atom stereocenters. The van der Waals surface area contributed by atoms with Gasteiger partial charge in [0.25, 0.3) is 0 Å². The maximum Gasteiger partial charge on any atom is -0.00851 e. The summed E-state index contributed by atoms with van der Waals surface area (Å²) in [5.41, 5.74) is 3.07. The summed E-state index contributed by atoms with van der Waals surface area (Å²) >= 11 is 0. The molecule has 0 heteroatoms. The minimum Gasteiger partial charge on any atom is -0.0819 e. The van der Waals surface area contributed by atoms with Crippen LogP contribution in [0.1, 0.15) is 112 Å². The predicted octanol–water partition coefficient (Wildman–Crippen LogP) is 8.66. The largest absolute Gasteiger partial charge is 0.0819 e. The van der Waals surface area contributed by atoms with E-state index in [1.54, 1.807) is 6.42 Å². The van der Waals surface area contributed by atoms with Crippen molar-refractivity contribution in [1.82, 2.24) is 0 Å². The van der Waals surface area contributed by atoms with Gasteiger partial charge >= 0.3 is 0 Å². The molecule has 0 aliphatic heterocycles. The molecule has 3 fully saturated rings. The van der Waals surface area contributed by atoms with E-state index in [9.17, 15) is 0 Å². The van der Waals surface area contributed by atoms with E-state index in [2.05, 4.69) is 47.6 Å². The molecule has 3 saturated carbocycles. The fourth-order valence-electron chi connectivity index (χ4n) is 8.93. The van der Waals surface area contributed by atoms with E-state index in [0.717, 1.165) is 41.4 Å². The van der Waals surface area contributed by atoms with Gasteiger partial charge in [-0.05, 0) is 104 Å². The Balaban J connectivity index is 1.48. The minimum absolute atomic E-state index is 0.553. The van der Waals surface area contributed by atoms with Crippen molar-refractivity contribution in [2.75, 3.05) is 0 Å². The molecule has 0 bridgehead atoms. The predicted molar refractivity (Wildman–Crippen MR) is 122 cm³/mol. The van der Waals surface area contributed by atoms with Gasteiger partial charge in [-0.25, -0.2) is 0 Å². The van der Waals surface area contributed by atoms with Crippen LogP contribution in [0.2, 0.25) is 0 Å². The summed E-state index contributed by atoms with van der Waals surface area (Å²) < 4.78 is 0. The summed E-state index contributed by atoms with van der Waals surface area (Å²) in [6.07, 6.45) is 19.0. The molecule has 4 aliphatic rings. The Bertz CT molecular complexity index is 585. The molecule has 0 amide bonds. The van der Waals surface area contributed by atoms with Gasteiger partial charge in [-0.1, -0.05) is 72.5 Å². The lowest BCUT2D eigenvalue weighted by Gasteiger charge is -2.59. The van der Waals surface area contributed by atoms with Crippen molar-refractivity contribution in [2.45, 2.75) is 112 Å². The molecule has 0 radical (unpaired) electrons. The second-order valence-electron chi connectivity index (χ2n) is 12.6. The zero-order valence-corrected chi connectivity index (χ0v) is 19.9. The van der Waals surface area contributed by atoms with Gasteiger partial charge < -0.3 is 0 Å². The number of hydrogen-bond acceptors (Lipinski definition) is 0. The highest BCUT2D eigenvalue weighted by atomic mass is 14.6. The maximum absolute atomic E-state index is 2.74. The van der Waals surface area contributed by atoms with Crippen LogP contribution in [0.15, 0.2) is 11.6 Å². The molecule has 8 unspecified atom stereocenters. The average Bonchev–Trinajstić information content (AvgIpc) is 2.99. The first-order valence-corrected chi connectivity index (χ1v) is 13.0. The highest BCUT2D eigenvalue weighted by Crippen LogP contribution is 2.67. The molecule has 28 heavy (non-hydrogen) atoms. The lowest BCUT2D eigenvalue weighted by molar-refractivity contribution is -0.0604. The Labute approximate surface area is 176 Å². The van der Waals surface area contributed by atoms with Crippen LogP contribution in [0.4, 0.5) is 0 Å². The summed E-state index contributed by atoms with van der Waals surface area (Å²) in [5, 5.41) is 0. The molecule has 0 aromatic carbocycles. The van der Waals surface area contributed by atoms with Gasteiger partial charge in [-0.3, -0.25) is 0 Å². The zero-order chi connectivity index (χ0) is 20.1. The minimum atomic E-state index is 0.553. The van der Waals surface area contributed by atoms with Crippen LogP contribution < -0.4 is 0 Å². The molecular formula is C28H48. The lowest BCUT2D eigenvalue weighted by Crippen LogP contribution is -2.50. The molecule has 0 heterocycles. The van der Waals surface area contributed by atoms with Crippen LogP contribution >= 0.6 is 0 Å². The van der Waals surface area contributed by atoms with Crippen molar-refractivity contribution in [3.05, 3.63) is 11.6 Å². The Hall–Kier alpha value is -0.260. The first-order chi connectivity index (χ1) is 13.3. The van der Waals surface area contributed by atoms with Crippen molar-refractivity contribution in [3.63, 3.8) is 0 Å². The topological polar surface area (TPSA) is 0 Å². The van der Waals surface area contributed by atoms with E-state index < -0.39 is 0 Å². The number of allylic oxidation sites excluding steroid dienone is 2. The van der Waals surface area contributed by atoms with Gasteiger partial charge in [0.2, 0.25) is 0 Å². The SMILES string of the molecule is CC(C)CCCC(C)C1CCC2C3CCC4=CC(C)CCC4(C)C3CCC12C. The molecule has 160 valence electrons. The van der Waals surface area contributed by atoms with E-state index in [1.165, 1.54) is 64.2 Å². The van der Waals surface area contributed by atoms with Crippen molar-refractivity contribution in [3.8, 4) is 0 Å². The van der Waals surface area contributed by atoms with Crippen LogP contribution in [-0.4, -0.2) is 0 Å². The Morgan fingerprint density at radius 1 is 0.929 bits per heavy atom. The first-order valence-electron chi connectivity index (χ1n) is 13.0. The van der Waals surface area contributed by atoms with Gasteiger partial charge in [0, 0.05) is 0 Å². The third-order valence-electron chi connectivity index (χ3n) is 10.5. The molecule has 0 spiro atoms. The van der Waals surface area contributed by atoms with Gasteiger partial charge in [0.05, 0.1) is 0 Å². The average molecular weight is 385 g/mol. The van der Waals surface area contributed by atoms with Crippen molar-refractivity contribution in [1.29, 1.82) is 0 Å². The zero-order valence-electron chi connectivity index (χ0n) is 19.9. The fourth-order valence-corrected chi connectivity index (χ4v) is 8.93. The molecule has 0 saturated heterocycles. The van der Waals surface area contributed by atoms with Crippen LogP contribution in [0, 0.1) is 52.3 Å². The van der Waals surface area contributed by atoms with Crippen LogP contribution in [0.25, 0.3) is 0 Å². The molecule has 0 aromatic heterocycles. The van der Waals surface area contributed by atoms with Gasteiger partial charge in [0.15, 0.2) is 0 Å². The second kappa shape index (κ2) is 7.77. The van der Waals surface area contributed by atoms with Crippen LogP contribution in [0.5, 0.6) is 0 Å². The summed E-state index contributed by atoms with van der Waals surface area (Å²) in [4.78, 5) is 0. The Kier molecular flexibility index (Phi) is 5.83. The van der Waals surface area contributed by atoms with Gasteiger partial charge in [-0.2, -0.15) is 0 Å². The number of fused-ring (bicyclic) bond motifs is 5. The third-order valence-corrected chi connectivity index (χ3v) is 10.5. The van der Waals surface area contributed by atoms with Crippen LogP contribution in [0.3, 0.4) is 0 Å². The lowest BCUT2D eigenvalue weighted by atomic mass is 9.46. The molecule has 0 N–H and O–H groups in total. The molecule has 4 rings (SSSR count). The van der Waals surface area contributed by atoms with Gasteiger partial charge in [0.1, 0.15) is 0 Å². The molecule has 4 aliphatic carbocycles. The van der Waals surface area contributed by atoms with E-state index in [1.807, 2.05) is 5.57 Å². The van der Waals surface area contributed by atoms with Crippen molar-refractivity contribution < 1.29 is 0 Å². The standard InChI is InChI=1S/C28H48/c1-19(2)8-7-9-21(4)24-12-13-25-23-11-10-22-18-20(3)14-16-27(22,5)26(23)15-17-28(24,25)6/h18-21,23-26H,7-17H2,1-6H3. The van der Waals surface area contributed by atoms with Crippen molar-refractivity contribution >= 4 is 0 Å². The highest BCUT2D eigenvalue weighted by molar-refractivity contribution is 5.24. The Morgan fingerprint density at radius 3 is 2.46 bits per heavy atom. The number of rotatable bonds is 5. The summed E-state index contributed by atoms with van der Waals surface area (Å²) in [7, 11) is 0. The quantitative estimate of drug-likeness (QED) is 0.416. The summed E-state index contributed by atoms with van der Waals surface area (Å²) in [5.74, 6) is 6.70. The third kappa shape index (κ3) is 3.43. The second-order valence-corrected chi connectivity index (χ2v) is 12.6. The maximum atomic E-state index is 2.74. The van der Waals surface area contributed by atoms with Gasteiger partial charge in [-0.15, -0.1) is 0 Å².